The average Bonchev–Trinajstić information content (AvgIpc) is 3.43. The van der Waals surface area contributed by atoms with Crippen molar-refractivity contribution in [1.29, 1.82) is 0 Å². The number of benzene rings is 2. The number of anilines is 2. The van der Waals surface area contributed by atoms with E-state index in [0.29, 0.717) is 23.6 Å². The Balaban J connectivity index is 1.34. The smallest absolute Gasteiger partial charge is 0.254 e. The highest BCUT2D eigenvalue weighted by Gasteiger charge is 2.47. The third kappa shape index (κ3) is 3.90. The van der Waals surface area contributed by atoms with Crippen LogP contribution >= 0.6 is 0 Å². The molecule has 6 nitrogen and oxygen atoms in total. The van der Waals surface area contributed by atoms with Crippen molar-refractivity contribution in [1.82, 2.24) is 4.90 Å². The molecule has 6 heteroatoms. The predicted molar refractivity (Wildman–Crippen MR) is 123 cm³/mol. The van der Waals surface area contributed by atoms with Crippen molar-refractivity contribution in [2.24, 2.45) is 5.92 Å². The number of likely N-dealkylation sites (tertiary alicyclic amines) is 1. The number of nitrogens with zero attached hydrogens (tertiary/aromatic N) is 2. The standard InChI is InChI=1S/C26H29N3O3/c30-24-11-6-16-28(24)21-14-12-20(13-15-21)27-25(31)23-17-19-9-4-5-10-22(19)29(23)26(32)18-7-2-1-3-8-18/h1-3,7-8,12-15,19,22-23H,4-6,9-11,16-17H2,(H,27,31). The molecule has 3 unspecified atom stereocenters. The van der Waals surface area contributed by atoms with E-state index in [0.717, 1.165) is 44.3 Å². The second-order valence-corrected chi connectivity index (χ2v) is 9.13. The molecule has 2 heterocycles. The van der Waals surface area contributed by atoms with E-state index in [1.165, 1.54) is 6.42 Å². The van der Waals surface area contributed by atoms with Crippen molar-refractivity contribution in [2.45, 2.75) is 57.0 Å². The van der Waals surface area contributed by atoms with Crippen molar-refractivity contribution in [2.75, 3.05) is 16.8 Å². The van der Waals surface area contributed by atoms with Crippen LogP contribution < -0.4 is 10.2 Å². The SMILES string of the molecule is O=C(Nc1ccc(N2CCCC2=O)cc1)C1CC2CCCCC2N1C(=O)c1ccccc1. The first-order valence-corrected chi connectivity index (χ1v) is 11.7. The topological polar surface area (TPSA) is 69.7 Å². The molecular formula is C26H29N3O3. The van der Waals surface area contributed by atoms with Gasteiger partial charge in [-0.2, -0.15) is 0 Å². The fraction of sp³-hybridized carbons (Fsp3) is 0.423. The lowest BCUT2D eigenvalue weighted by Crippen LogP contribution is -2.47. The third-order valence-electron chi connectivity index (χ3n) is 7.17. The Bertz CT molecular complexity index is 1000. The molecule has 1 N–H and O–H groups in total. The van der Waals surface area contributed by atoms with Gasteiger partial charge >= 0.3 is 0 Å². The minimum absolute atomic E-state index is 0.0527. The zero-order chi connectivity index (χ0) is 22.1. The Morgan fingerprint density at radius 3 is 2.38 bits per heavy atom. The van der Waals surface area contributed by atoms with E-state index >= 15 is 0 Å². The Labute approximate surface area is 188 Å². The Hall–Kier alpha value is -3.15. The van der Waals surface area contributed by atoms with Crippen LogP contribution in [0.2, 0.25) is 0 Å². The molecule has 5 rings (SSSR count). The summed E-state index contributed by atoms with van der Waals surface area (Å²) in [6, 6.07) is 16.4. The summed E-state index contributed by atoms with van der Waals surface area (Å²) in [5.74, 6) is 0.345. The van der Waals surface area contributed by atoms with Crippen molar-refractivity contribution < 1.29 is 14.4 Å². The fourth-order valence-corrected chi connectivity index (χ4v) is 5.59. The molecule has 3 atom stereocenters. The summed E-state index contributed by atoms with van der Waals surface area (Å²) >= 11 is 0. The van der Waals surface area contributed by atoms with Crippen LogP contribution in [0.3, 0.4) is 0 Å². The van der Waals surface area contributed by atoms with E-state index in [1.807, 2.05) is 59.5 Å². The average molecular weight is 432 g/mol. The first kappa shape index (κ1) is 20.7. The summed E-state index contributed by atoms with van der Waals surface area (Å²) in [6.45, 7) is 0.742. The number of fused-ring (bicyclic) bond motifs is 1. The molecule has 0 bridgehead atoms. The number of carbonyl (C=O) groups is 3. The molecule has 0 spiro atoms. The lowest BCUT2D eigenvalue weighted by atomic mass is 9.84. The van der Waals surface area contributed by atoms with Gasteiger partial charge in [0.25, 0.3) is 5.91 Å². The predicted octanol–water partition coefficient (Wildman–Crippen LogP) is 4.23. The van der Waals surface area contributed by atoms with E-state index in [9.17, 15) is 14.4 Å². The molecule has 2 saturated heterocycles. The molecule has 1 aliphatic carbocycles. The van der Waals surface area contributed by atoms with E-state index in [1.54, 1.807) is 4.90 Å². The van der Waals surface area contributed by atoms with Crippen LogP contribution in [-0.4, -0.2) is 41.2 Å². The van der Waals surface area contributed by atoms with Gasteiger partial charge in [0.05, 0.1) is 0 Å². The van der Waals surface area contributed by atoms with E-state index in [4.69, 9.17) is 0 Å². The van der Waals surface area contributed by atoms with Gasteiger partial charge in [0.2, 0.25) is 11.8 Å². The zero-order valence-corrected chi connectivity index (χ0v) is 18.2. The summed E-state index contributed by atoms with van der Waals surface area (Å²) < 4.78 is 0. The van der Waals surface area contributed by atoms with Crippen LogP contribution in [0, 0.1) is 5.92 Å². The minimum Gasteiger partial charge on any atom is -0.324 e. The van der Waals surface area contributed by atoms with Crippen LogP contribution in [0.15, 0.2) is 54.6 Å². The number of carbonyl (C=O) groups excluding carboxylic acids is 3. The van der Waals surface area contributed by atoms with E-state index < -0.39 is 6.04 Å². The molecule has 2 aromatic rings. The van der Waals surface area contributed by atoms with Gasteiger partial charge in [0.1, 0.15) is 6.04 Å². The number of rotatable bonds is 4. The van der Waals surface area contributed by atoms with Crippen LogP contribution in [0.25, 0.3) is 0 Å². The van der Waals surface area contributed by atoms with Gasteiger partial charge in [0.15, 0.2) is 0 Å². The fourth-order valence-electron chi connectivity index (χ4n) is 5.59. The van der Waals surface area contributed by atoms with Crippen molar-refractivity contribution >= 4 is 29.1 Å². The van der Waals surface area contributed by atoms with E-state index in [2.05, 4.69) is 5.32 Å². The van der Waals surface area contributed by atoms with Crippen molar-refractivity contribution in [3.63, 3.8) is 0 Å². The van der Waals surface area contributed by atoms with Crippen LogP contribution in [0.5, 0.6) is 0 Å². The summed E-state index contributed by atoms with van der Waals surface area (Å²) in [5.41, 5.74) is 2.18. The summed E-state index contributed by atoms with van der Waals surface area (Å²) in [4.78, 5) is 42.3. The Morgan fingerprint density at radius 1 is 0.906 bits per heavy atom. The molecule has 1 saturated carbocycles. The van der Waals surface area contributed by atoms with Crippen LogP contribution in [-0.2, 0) is 9.59 Å². The minimum atomic E-state index is -0.462. The molecule has 32 heavy (non-hydrogen) atoms. The summed E-state index contributed by atoms with van der Waals surface area (Å²) in [6.07, 6.45) is 6.50. The molecule has 3 fully saturated rings. The molecule has 2 aliphatic heterocycles. The largest absolute Gasteiger partial charge is 0.324 e. The number of hydrogen-bond donors (Lipinski definition) is 1. The maximum atomic E-state index is 13.4. The molecule has 0 aromatic heterocycles. The second-order valence-electron chi connectivity index (χ2n) is 9.13. The van der Waals surface area contributed by atoms with Gasteiger partial charge in [-0.05, 0) is 68.0 Å². The quantitative estimate of drug-likeness (QED) is 0.788. The monoisotopic (exact) mass is 431 g/mol. The van der Waals surface area contributed by atoms with Gasteiger partial charge in [-0.1, -0.05) is 31.0 Å². The highest BCUT2D eigenvalue weighted by Crippen LogP contribution is 2.41. The van der Waals surface area contributed by atoms with Gasteiger partial charge in [-0.15, -0.1) is 0 Å². The van der Waals surface area contributed by atoms with Gasteiger partial charge in [-0.3, -0.25) is 14.4 Å². The highest BCUT2D eigenvalue weighted by atomic mass is 16.2. The third-order valence-corrected chi connectivity index (χ3v) is 7.17. The zero-order valence-electron chi connectivity index (χ0n) is 18.2. The maximum Gasteiger partial charge on any atom is 0.254 e. The number of nitrogens with one attached hydrogen (secondary N) is 1. The van der Waals surface area contributed by atoms with Crippen LogP contribution in [0.1, 0.15) is 55.3 Å². The van der Waals surface area contributed by atoms with Crippen molar-refractivity contribution in [3.05, 3.63) is 60.2 Å². The Morgan fingerprint density at radius 2 is 1.66 bits per heavy atom. The second kappa shape index (κ2) is 8.77. The number of amides is 3. The number of hydrogen-bond acceptors (Lipinski definition) is 3. The van der Waals surface area contributed by atoms with E-state index in [-0.39, 0.29) is 23.8 Å². The van der Waals surface area contributed by atoms with Gasteiger partial charge in [-0.25, -0.2) is 0 Å². The maximum absolute atomic E-state index is 13.4. The van der Waals surface area contributed by atoms with Crippen molar-refractivity contribution in [3.8, 4) is 0 Å². The van der Waals surface area contributed by atoms with Gasteiger partial charge in [0, 0.05) is 35.9 Å². The lowest BCUT2D eigenvalue weighted by Gasteiger charge is -2.33. The molecule has 3 amide bonds. The highest BCUT2D eigenvalue weighted by molar-refractivity contribution is 6.02. The van der Waals surface area contributed by atoms with Crippen LogP contribution in [0.4, 0.5) is 11.4 Å². The lowest BCUT2D eigenvalue weighted by molar-refractivity contribution is -0.120. The normalized spacial score (nSPS) is 25.0. The first-order valence-electron chi connectivity index (χ1n) is 11.7. The molecular weight excluding hydrogens is 402 g/mol. The first-order chi connectivity index (χ1) is 15.6. The molecule has 3 aliphatic rings. The van der Waals surface area contributed by atoms with Gasteiger partial charge < -0.3 is 15.1 Å². The molecule has 2 aromatic carbocycles. The molecule has 166 valence electrons. The molecule has 0 radical (unpaired) electrons. The summed E-state index contributed by atoms with van der Waals surface area (Å²) in [5, 5.41) is 3.02. The Kier molecular flexibility index (Phi) is 5.68. The summed E-state index contributed by atoms with van der Waals surface area (Å²) in [7, 11) is 0.